The third kappa shape index (κ3) is 8.80. The zero-order chi connectivity index (χ0) is 30.7. The van der Waals surface area contributed by atoms with Gasteiger partial charge in [0.05, 0.1) is 18.8 Å². The lowest BCUT2D eigenvalue weighted by Crippen LogP contribution is -2.50. The molecule has 0 saturated carbocycles. The maximum Gasteiger partial charge on any atom is 0.243 e. The third-order valence-electron chi connectivity index (χ3n) is 7.91. The highest BCUT2D eigenvalue weighted by Gasteiger charge is 2.34. The van der Waals surface area contributed by atoms with Crippen molar-refractivity contribution >= 4 is 23.5 Å². The molecular formula is C32H40N6O6. The van der Waals surface area contributed by atoms with E-state index in [2.05, 4.69) is 25.1 Å². The number of hydroxylamine groups is 1. The minimum Gasteiger partial charge on any atom is -0.392 e. The number of carbonyl (C=O) groups is 2. The fourth-order valence-corrected chi connectivity index (χ4v) is 5.52. The Morgan fingerprint density at radius 2 is 1.61 bits per heavy atom. The van der Waals surface area contributed by atoms with Gasteiger partial charge in [-0.3, -0.25) is 19.7 Å². The predicted octanol–water partition coefficient (Wildman–Crippen LogP) is 3.34. The Hall–Kier alpha value is -3.94. The van der Waals surface area contributed by atoms with Crippen molar-refractivity contribution in [3.8, 4) is 0 Å². The average molecular weight is 605 g/mol. The molecule has 12 nitrogen and oxygen atoms in total. The van der Waals surface area contributed by atoms with Gasteiger partial charge in [-0.25, -0.2) is 15.4 Å². The number of unbranched alkanes of at least 4 members (excludes halogenated alkanes) is 1. The number of aliphatic hydroxyl groups excluding tert-OH is 1. The average Bonchev–Trinajstić information content (AvgIpc) is 3.07. The smallest absolute Gasteiger partial charge is 0.243 e. The number of aromatic nitrogens is 2. The maximum absolute atomic E-state index is 12.5. The van der Waals surface area contributed by atoms with E-state index >= 15 is 0 Å². The first-order valence-electron chi connectivity index (χ1n) is 15.1. The molecule has 3 atom stereocenters. The molecule has 5 rings (SSSR count). The summed E-state index contributed by atoms with van der Waals surface area (Å²) >= 11 is 0. The van der Waals surface area contributed by atoms with Crippen LogP contribution >= 0.6 is 0 Å². The lowest BCUT2D eigenvalue weighted by molar-refractivity contribution is -0.253. The van der Waals surface area contributed by atoms with Crippen molar-refractivity contribution in [2.75, 3.05) is 42.9 Å². The second-order valence-electron chi connectivity index (χ2n) is 11.1. The lowest BCUT2D eigenvalue weighted by atomic mass is 9.99. The van der Waals surface area contributed by atoms with E-state index in [1.165, 1.54) is 0 Å². The van der Waals surface area contributed by atoms with Crippen molar-refractivity contribution in [3.05, 3.63) is 83.7 Å². The Kier molecular flexibility index (Phi) is 11.2. The van der Waals surface area contributed by atoms with Gasteiger partial charge in [0.15, 0.2) is 6.29 Å². The van der Waals surface area contributed by atoms with Crippen LogP contribution in [-0.4, -0.2) is 75.8 Å². The predicted molar refractivity (Wildman–Crippen MR) is 163 cm³/mol. The third-order valence-corrected chi connectivity index (χ3v) is 7.91. The number of ether oxygens (including phenoxy) is 2. The Balaban J connectivity index is 1.23. The molecule has 2 fully saturated rings. The number of anilines is 2. The number of amides is 2. The van der Waals surface area contributed by atoms with E-state index in [0.717, 1.165) is 55.4 Å². The molecule has 0 spiro atoms. The van der Waals surface area contributed by atoms with E-state index in [9.17, 15) is 14.7 Å². The Bertz CT molecular complexity index is 1350. The van der Waals surface area contributed by atoms with Gasteiger partial charge in [-0.1, -0.05) is 36.4 Å². The van der Waals surface area contributed by atoms with Crippen LogP contribution < -0.4 is 15.7 Å². The van der Waals surface area contributed by atoms with E-state index in [1.54, 1.807) is 17.9 Å². The van der Waals surface area contributed by atoms with Gasteiger partial charge < -0.3 is 24.8 Å². The number of hydrogen-bond donors (Lipinski definition) is 4. The van der Waals surface area contributed by atoms with Crippen LogP contribution in [0, 0.1) is 0 Å². The van der Waals surface area contributed by atoms with Crippen LogP contribution in [0.2, 0.25) is 0 Å². The summed E-state index contributed by atoms with van der Waals surface area (Å²) in [5.74, 6) is 0.134. The highest BCUT2D eigenvalue weighted by atomic mass is 16.7. The van der Waals surface area contributed by atoms with Crippen LogP contribution in [-0.2, 0) is 25.7 Å². The summed E-state index contributed by atoms with van der Waals surface area (Å²) in [6.07, 6.45) is 4.73. The molecule has 4 N–H and O–H groups in total. The first-order valence-corrected chi connectivity index (χ1v) is 15.1. The summed E-state index contributed by atoms with van der Waals surface area (Å²) in [7, 11) is 0. The van der Waals surface area contributed by atoms with Gasteiger partial charge in [-0.2, -0.15) is 0 Å². The van der Waals surface area contributed by atoms with Gasteiger partial charge in [-0.15, -0.1) is 0 Å². The summed E-state index contributed by atoms with van der Waals surface area (Å²) in [5.41, 5.74) is 4.90. The minimum absolute atomic E-state index is 0.0172. The van der Waals surface area contributed by atoms with Crippen LogP contribution in [0.25, 0.3) is 0 Å². The summed E-state index contributed by atoms with van der Waals surface area (Å²) in [4.78, 5) is 37.1. The number of rotatable bonds is 12. The normalized spacial score (nSPS) is 20.7. The van der Waals surface area contributed by atoms with Crippen LogP contribution in [0.4, 0.5) is 11.6 Å². The fourth-order valence-electron chi connectivity index (χ4n) is 5.52. The van der Waals surface area contributed by atoms with E-state index in [4.69, 9.17) is 14.7 Å². The largest absolute Gasteiger partial charge is 0.392 e. The van der Waals surface area contributed by atoms with Crippen LogP contribution in [0.1, 0.15) is 61.2 Å². The van der Waals surface area contributed by atoms with Crippen molar-refractivity contribution < 1.29 is 29.4 Å². The van der Waals surface area contributed by atoms with Crippen molar-refractivity contribution in [1.82, 2.24) is 20.3 Å². The standard InChI is InChI=1S/C32H40N6O6/c39-22-23-9-11-24(12-10-23)28-20-27(21-37-15-17-38(18-16-37)32-33-13-4-14-34-32)43-31(44-28)25-5-3-6-26(19-25)35-29(40)7-1-2-8-30(41)36-42/h3-6,9-14,19,27-28,31,39,42H,1-2,7-8,15-18,20-22H2,(H,35,40)(H,36,41)/t27-,28+,31+/m1/s1. The van der Waals surface area contributed by atoms with Crippen molar-refractivity contribution in [3.63, 3.8) is 0 Å². The maximum atomic E-state index is 12.5. The zero-order valence-corrected chi connectivity index (χ0v) is 24.7. The number of hydrogen-bond acceptors (Lipinski definition) is 10. The Labute approximate surface area is 257 Å². The summed E-state index contributed by atoms with van der Waals surface area (Å²) in [5, 5.41) is 21.0. The Morgan fingerprint density at radius 3 is 2.32 bits per heavy atom. The van der Waals surface area contributed by atoms with Crippen LogP contribution in [0.3, 0.4) is 0 Å². The second-order valence-corrected chi connectivity index (χ2v) is 11.1. The van der Waals surface area contributed by atoms with Gasteiger partial charge in [0.25, 0.3) is 0 Å². The second kappa shape index (κ2) is 15.7. The number of nitrogens with one attached hydrogen (secondary N) is 2. The van der Waals surface area contributed by atoms with Gasteiger partial charge in [0, 0.05) is 75.6 Å². The van der Waals surface area contributed by atoms with Gasteiger partial charge in [0.1, 0.15) is 0 Å². The van der Waals surface area contributed by atoms with Crippen LogP contribution in [0.5, 0.6) is 0 Å². The first-order chi connectivity index (χ1) is 21.5. The topological polar surface area (TPSA) is 149 Å². The molecule has 0 bridgehead atoms. The number of nitrogens with zero attached hydrogens (tertiary/aromatic N) is 4. The molecule has 2 saturated heterocycles. The van der Waals surface area contributed by atoms with Crippen molar-refractivity contribution in [2.24, 2.45) is 0 Å². The van der Waals surface area contributed by atoms with Gasteiger partial charge in [0.2, 0.25) is 17.8 Å². The monoisotopic (exact) mass is 604 g/mol. The molecule has 2 aliphatic rings. The molecule has 234 valence electrons. The molecule has 0 aliphatic carbocycles. The quantitative estimate of drug-likeness (QED) is 0.138. The molecule has 0 unspecified atom stereocenters. The molecular weight excluding hydrogens is 564 g/mol. The summed E-state index contributed by atoms with van der Waals surface area (Å²) < 4.78 is 13.0. The molecule has 2 amide bonds. The number of benzene rings is 2. The minimum atomic E-state index is -0.635. The van der Waals surface area contributed by atoms with E-state index in [1.807, 2.05) is 54.6 Å². The molecule has 3 heterocycles. The zero-order valence-electron chi connectivity index (χ0n) is 24.7. The molecule has 2 aromatic carbocycles. The highest BCUT2D eigenvalue weighted by molar-refractivity contribution is 5.90. The lowest BCUT2D eigenvalue weighted by Gasteiger charge is -2.40. The van der Waals surface area contributed by atoms with Crippen molar-refractivity contribution in [2.45, 2.75) is 57.2 Å². The molecule has 1 aromatic heterocycles. The van der Waals surface area contributed by atoms with E-state index < -0.39 is 12.2 Å². The summed E-state index contributed by atoms with van der Waals surface area (Å²) in [6.45, 7) is 4.13. The number of aliphatic hydroxyl groups is 1. The number of piperazine rings is 1. The molecule has 0 radical (unpaired) electrons. The van der Waals surface area contributed by atoms with Gasteiger partial charge in [-0.05, 0) is 42.2 Å². The molecule has 3 aromatic rings. The fraction of sp³-hybridized carbons (Fsp3) is 0.438. The van der Waals surface area contributed by atoms with Crippen molar-refractivity contribution in [1.29, 1.82) is 0 Å². The Morgan fingerprint density at radius 1 is 0.886 bits per heavy atom. The number of carbonyl (C=O) groups excluding carboxylic acids is 2. The SMILES string of the molecule is O=C(CCCCC(=O)Nc1cccc([C@H]2O[C@@H](CN3CCN(c4ncccn4)CC3)C[C@@H](c3ccc(CO)cc3)O2)c1)NO. The summed E-state index contributed by atoms with van der Waals surface area (Å²) in [6, 6.07) is 17.1. The molecule has 12 heteroatoms. The first kappa shape index (κ1) is 31.5. The van der Waals surface area contributed by atoms with E-state index in [-0.39, 0.29) is 37.6 Å². The molecule has 44 heavy (non-hydrogen) atoms. The highest BCUT2D eigenvalue weighted by Crippen LogP contribution is 2.38. The molecule has 2 aliphatic heterocycles. The van der Waals surface area contributed by atoms with Gasteiger partial charge >= 0.3 is 0 Å². The van der Waals surface area contributed by atoms with Crippen LogP contribution in [0.15, 0.2) is 67.0 Å². The van der Waals surface area contributed by atoms with E-state index in [0.29, 0.717) is 24.9 Å².